The van der Waals surface area contributed by atoms with Gasteiger partial charge in [-0.1, -0.05) is 130 Å². The van der Waals surface area contributed by atoms with Crippen molar-refractivity contribution in [3.63, 3.8) is 0 Å². The molecule has 108 heavy (non-hydrogen) atoms. The van der Waals surface area contributed by atoms with E-state index in [1.807, 2.05) is 97.1 Å². The van der Waals surface area contributed by atoms with Gasteiger partial charge in [-0.05, 0) is 240 Å². The van der Waals surface area contributed by atoms with E-state index in [9.17, 15) is 19.2 Å². The Kier molecular flexibility index (Phi) is 23.3. The van der Waals surface area contributed by atoms with E-state index in [0.29, 0.717) is 163 Å². The lowest BCUT2D eigenvalue weighted by Gasteiger charge is -2.11. The highest BCUT2D eigenvalue weighted by Crippen LogP contribution is 2.41. The molecule has 3 aromatic heterocycles. The molecule has 0 saturated carbocycles. The molecule has 0 saturated heterocycles. The number of esters is 4. The number of nitrogens with one attached hydrogen (secondary N) is 2. The van der Waals surface area contributed by atoms with Crippen molar-refractivity contribution >= 4 is 70.2 Å². The smallest absolute Gasteiger partial charge is 0.343 e. The molecule has 0 fully saturated rings. The summed E-state index contributed by atoms with van der Waals surface area (Å²) in [6.45, 7) is 19.3. The van der Waals surface area contributed by atoms with E-state index in [2.05, 4.69) is 65.4 Å². The monoisotopic (exact) mass is 1440 g/mol. The summed E-state index contributed by atoms with van der Waals surface area (Å²) in [5.74, 6) is 3.53. The van der Waals surface area contributed by atoms with Gasteiger partial charge in [-0.3, -0.25) is 0 Å². The summed E-state index contributed by atoms with van der Waals surface area (Å²) in [6, 6.07) is 65.2. The Morgan fingerprint density at radius 2 is 0.454 bits per heavy atom. The number of hydrogen-bond donors (Lipinski definition) is 2. The van der Waals surface area contributed by atoms with Crippen LogP contribution in [0.2, 0.25) is 0 Å². The Hall–Kier alpha value is -12.6. The summed E-state index contributed by atoms with van der Waals surface area (Å²) in [5, 5.41) is 0. The zero-order valence-corrected chi connectivity index (χ0v) is 61.9. The molecule has 8 aromatic carbocycles. The van der Waals surface area contributed by atoms with Crippen LogP contribution in [0, 0.1) is 23.7 Å². The molecule has 0 aliphatic carbocycles. The standard InChI is InChI=1S/C92H86N4O12/c1-9-57(5)53-101-69-29-21-65(22-30-69)89(97)105-73-37-13-61(14-38-73)85-77-45-47-79(93-77)86(62-15-39-74(40-16-62)106-90(98)66-23-31-70(32-24-66)102-54-58(6)10-2)81-49-51-83(95-81)88(64-19-43-76(44-20-64)108-92(100)68-27-35-72(36-28-68)104-56-60(8)12-4)84-52-50-82(96-84)87(80-48-46-78(85)94-80)63-17-41-75(42-18-63)107-91(99)67-25-33-71(34-26-67)103-55-59(7)11-3/h13-52,57-60,93,96H,9-12,53-56H2,1-8H3/t57-,58-,59-,60-/m0/s1. The second-order valence-electron chi connectivity index (χ2n) is 27.6. The third kappa shape index (κ3) is 17.9. The molecule has 16 nitrogen and oxygen atoms in total. The van der Waals surface area contributed by atoms with Crippen LogP contribution in [0.25, 0.3) is 90.9 Å². The molecule has 0 amide bonds. The van der Waals surface area contributed by atoms with Crippen LogP contribution in [-0.4, -0.2) is 70.2 Å². The first-order valence-electron chi connectivity index (χ1n) is 36.9. The van der Waals surface area contributed by atoms with Crippen LogP contribution in [-0.2, 0) is 0 Å². The molecule has 2 N–H and O–H groups in total. The molecule has 4 atom stereocenters. The van der Waals surface area contributed by atoms with Crippen molar-refractivity contribution in [2.75, 3.05) is 26.4 Å². The fraction of sp³-hybridized carbons (Fsp3) is 0.217. The minimum atomic E-state index is -0.520. The van der Waals surface area contributed by atoms with Gasteiger partial charge in [0.1, 0.15) is 46.0 Å². The predicted octanol–water partition coefficient (Wildman–Crippen LogP) is 21.9. The van der Waals surface area contributed by atoms with Gasteiger partial charge in [-0.2, -0.15) is 0 Å². The SMILES string of the molecule is CC[C@H](C)COc1ccc(C(=O)Oc2ccc(-c3c4nc(c(-c5ccc(OC(=O)c6ccc(OC[C@@H](C)CC)cc6)cc5)c5ccc([nH]5)c(-c5ccc(OC(=O)c6ccc(OC[C@@H](C)CC)cc6)cc5)c5nc(c(-c6ccc(OC(=O)c7ccc(OC[C@@H](C)CC)cc7)cc6)c6ccc3[nH]6)C=C5)C=C4)cc2)cc1. The number of benzene rings is 8. The Morgan fingerprint density at radius 3 is 0.639 bits per heavy atom. The highest BCUT2D eigenvalue weighted by atomic mass is 16.5. The van der Waals surface area contributed by atoms with E-state index < -0.39 is 23.9 Å². The lowest BCUT2D eigenvalue weighted by atomic mass is 10.0. The van der Waals surface area contributed by atoms with E-state index in [0.717, 1.165) is 70.2 Å². The largest absolute Gasteiger partial charge is 0.493 e. The zero-order chi connectivity index (χ0) is 75.2. The molecule has 8 bridgehead atoms. The van der Waals surface area contributed by atoms with Crippen LogP contribution in [0.4, 0.5) is 0 Å². The average molecular weight is 1440 g/mol. The van der Waals surface area contributed by atoms with Gasteiger partial charge < -0.3 is 47.9 Å². The highest BCUT2D eigenvalue weighted by Gasteiger charge is 2.23. The van der Waals surface area contributed by atoms with Gasteiger partial charge in [0.05, 0.1) is 71.5 Å². The third-order valence-corrected chi connectivity index (χ3v) is 19.5. The number of carbonyl (C=O) groups is 4. The van der Waals surface area contributed by atoms with Crippen LogP contribution >= 0.6 is 0 Å². The molecule has 13 rings (SSSR count). The van der Waals surface area contributed by atoms with Gasteiger partial charge >= 0.3 is 23.9 Å². The van der Waals surface area contributed by atoms with Crippen LogP contribution < -0.4 is 37.9 Å². The number of nitrogens with zero attached hydrogens (tertiary/aromatic N) is 2. The molecule has 16 heteroatoms. The molecule has 5 heterocycles. The first-order chi connectivity index (χ1) is 52.5. The number of carbonyl (C=O) groups excluding carboxylic acids is 4. The lowest BCUT2D eigenvalue weighted by molar-refractivity contribution is 0.0725. The number of ether oxygens (including phenoxy) is 8. The number of H-pyrrole nitrogens is 2. The maximum Gasteiger partial charge on any atom is 0.343 e. The minimum Gasteiger partial charge on any atom is -0.493 e. The van der Waals surface area contributed by atoms with Gasteiger partial charge in [-0.25, -0.2) is 29.1 Å². The molecule has 2 aliphatic heterocycles. The molecule has 2 aliphatic rings. The highest BCUT2D eigenvalue weighted by molar-refractivity contribution is 6.01. The van der Waals surface area contributed by atoms with Gasteiger partial charge in [-0.15, -0.1) is 0 Å². The molecule has 546 valence electrons. The first kappa shape index (κ1) is 73.7. The van der Waals surface area contributed by atoms with E-state index >= 15 is 0 Å². The predicted molar refractivity (Wildman–Crippen MR) is 426 cm³/mol. The maximum absolute atomic E-state index is 13.7. The van der Waals surface area contributed by atoms with Crippen molar-refractivity contribution in [1.29, 1.82) is 0 Å². The topological polar surface area (TPSA) is 199 Å². The van der Waals surface area contributed by atoms with Crippen LogP contribution in [0.3, 0.4) is 0 Å². The van der Waals surface area contributed by atoms with Crippen molar-refractivity contribution in [3.05, 3.63) is 263 Å². The Labute approximate surface area is 629 Å². The van der Waals surface area contributed by atoms with Crippen LogP contribution in [0.15, 0.2) is 218 Å². The molecular weight excluding hydrogens is 1350 g/mol. The molecule has 0 unspecified atom stereocenters. The van der Waals surface area contributed by atoms with Crippen molar-refractivity contribution in [2.45, 2.75) is 81.1 Å². The second-order valence-corrected chi connectivity index (χ2v) is 27.6. The van der Waals surface area contributed by atoms with E-state index in [-0.39, 0.29) is 0 Å². The zero-order valence-electron chi connectivity index (χ0n) is 61.9. The van der Waals surface area contributed by atoms with Gasteiger partial charge in [0, 0.05) is 44.3 Å². The van der Waals surface area contributed by atoms with E-state index in [1.165, 1.54) is 0 Å². The van der Waals surface area contributed by atoms with Crippen molar-refractivity contribution in [2.24, 2.45) is 23.7 Å². The summed E-state index contributed by atoms with van der Waals surface area (Å²) in [4.78, 5) is 73.4. The Morgan fingerprint density at radius 1 is 0.269 bits per heavy atom. The molecule has 0 spiro atoms. The summed E-state index contributed by atoms with van der Waals surface area (Å²) in [6.07, 6.45) is 11.9. The molecule has 11 aromatic rings. The molecular formula is C92H86N4O12. The number of rotatable bonds is 28. The lowest BCUT2D eigenvalue weighted by Crippen LogP contribution is -2.09. The van der Waals surface area contributed by atoms with Gasteiger partial charge in [0.15, 0.2) is 0 Å². The normalized spacial score (nSPS) is 12.7. The number of fused-ring (bicyclic) bond motifs is 8. The number of hydrogen-bond acceptors (Lipinski definition) is 14. The van der Waals surface area contributed by atoms with Crippen LogP contribution in [0.5, 0.6) is 46.0 Å². The van der Waals surface area contributed by atoms with Crippen molar-refractivity contribution < 1.29 is 57.1 Å². The fourth-order valence-corrected chi connectivity index (χ4v) is 12.0. The Balaban J connectivity index is 0.921. The summed E-state index contributed by atoms with van der Waals surface area (Å²) in [5.41, 5.74) is 12.7. The quantitative estimate of drug-likeness (QED) is 0.0347. The summed E-state index contributed by atoms with van der Waals surface area (Å²) in [7, 11) is 0. The molecule has 0 radical (unpaired) electrons. The van der Waals surface area contributed by atoms with Gasteiger partial charge in [0.2, 0.25) is 0 Å². The Bertz CT molecular complexity index is 4610. The fourth-order valence-electron chi connectivity index (χ4n) is 12.0. The second kappa shape index (κ2) is 34.1. The van der Waals surface area contributed by atoms with Crippen molar-refractivity contribution in [3.8, 4) is 90.5 Å². The van der Waals surface area contributed by atoms with Gasteiger partial charge in [0.25, 0.3) is 0 Å². The minimum absolute atomic E-state index is 0.337. The van der Waals surface area contributed by atoms with E-state index in [4.69, 9.17) is 47.9 Å². The van der Waals surface area contributed by atoms with E-state index in [1.54, 1.807) is 146 Å². The summed E-state index contributed by atoms with van der Waals surface area (Å²) >= 11 is 0. The van der Waals surface area contributed by atoms with Crippen molar-refractivity contribution in [1.82, 2.24) is 19.9 Å². The third-order valence-electron chi connectivity index (χ3n) is 19.5. The number of aromatic nitrogens is 4. The average Bonchev–Trinajstić information content (AvgIpc) is 1.61. The summed E-state index contributed by atoms with van der Waals surface area (Å²) < 4.78 is 47.8. The number of aromatic amines is 2. The first-order valence-corrected chi connectivity index (χ1v) is 36.9. The van der Waals surface area contributed by atoms with Crippen LogP contribution in [0.1, 0.15) is 145 Å². The maximum atomic E-state index is 13.7.